The van der Waals surface area contributed by atoms with E-state index in [1.165, 1.54) is 23.0 Å². The first-order valence-electron chi connectivity index (χ1n) is 9.26. The van der Waals surface area contributed by atoms with Gasteiger partial charge in [0.25, 0.3) is 5.56 Å². The summed E-state index contributed by atoms with van der Waals surface area (Å²) in [5.41, 5.74) is 0.868. The lowest BCUT2D eigenvalue weighted by Crippen LogP contribution is -2.22. The highest BCUT2D eigenvalue weighted by Gasteiger charge is 2.13. The average Bonchev–Trinajstić information content (AvgIpc) is 3.22. The van der Waals surface area contributed by atoms with Gasteiger partial charge in [0, 0.05) is 16.5 Å². The summed E-state index contributed by atoms with van der Waals surface area (Å²) < 4.78 is 7.79. The molecule has 31 heavy (non-hydrogen) atoms. The molecule has 0 bridgehead atoms. The smallest absolute Gasteiger partial charge is 0.337 e. The SMILES string of the molecule is CCc1nc2ccc(Br)cc2c(=O)n1N=Cc1ccc(-c2ccc(Cl)c(C(=O)O)c2)o1. The van der Waals surface area contributed by atoms with Crippen LogP contribution in [0.15, 0.2) is 67.3 Å². The molecule has 0 amide bonds. The zero-order chi connectivity index (χ0) is 22.1. The fraction of sp³-hybridized carbons (Fsp3) is 0.0909. The molecule has 0 spiro atoms. The van der Waals surface area contributed by atoms with Crippen molar-refractivity contribution in [2.75, 3.05) is 0 Å². The number of carbonyl (C=O) groups is 1. The van der Waals surface area contributed by atoms with Crippen LogP contribution in [0, 0.1) is 0 Å². The number of aromatic nitrogens is 2. The normalized spacial score (nSPS) is 11.5. The minimum atomic E-state index is -1.12. The molecule has 0 saturated heterocycles. The van der Waals surface area contributed by atoms with Gasteiger partial charge in [-0.3, -0.25) is 4.79 Å². The number of carboxylic acid groups (broad SMARTS) is 1. The summed E-state index contributed by atoms with van der Waals surface area (Å²) in [6.07, 6.45) is 1.94. The fourth-order valence-corrected chi connectivity index (χ4v) is 3.64. The number of rotatable bonds is 5. The molecule has 1 N–H and O–H groups in total. The van der Waals surface area contributed by atoms with Gasteiger partial charge in [0.2, 0.25) is 0 Å². The molecule has 0 aliphatic rings. The van der Waals surface area contributed by atoms with Gasteiger partial charge in [-0.15, -0.1) is 0 Å². The number of furan rings is 1. The zero-order valence-corrected chi connectivity index (χ0v) is 18.5. The largest absolute Gasteiger partial charge is 0.478 e. The first-order chi connectivity index (χ1) is 14.9. The number of hydrogen-bond acceptors (Lipinski definition) is 5. The molecule has 156 valence electrons. The molecular weight excluding hydrogens is 486 g/mol. The van der Waals surface area contributed by atoms with E-state index in [1.54, 1.807) is 30.3 Å². The van der Waals surface area contributed by atoms with Gasteiger partial charge in [0.05, 0.1) is 27.7 Å². The molecule has 0 aliphatic heterocycles. The Labute approximate surface area is 189 Å². The van der Waals surface area contributed by atoms with Crippen molar-refractivity contribution in [3.8, 4) is 11.3 Å². The maximum atomic E-state index is 12.9. The fourth-order valence-electron chi connectivity index (χ4n) is 3.08. The predicted octanol–water partition coefficient (Wildman–Crippen LogP) is 5.22. The van der Waals surface area contributed by atoms with Gasteiger partial charge in [0.15, 0.2) is 0 Å². The Morgan fingerprint density at radius 1 is 1.26 bits per heavy atom. The van der Waals surface area contributed by atoms with E-state index in [0.717, 1.165) is 4.47 Å². The van der Waals surface area contributed by atoms with Crippen LogP contribution in [-0.2, 0) is 6.42 Å². The van der Waals surface area contributed by atoms with Gasteiger partial charge in [-0.25, -0.2) is 9.78 Å². The Morgan fingerprint density at radius 2 is 2.06 bits per heavy atom. The molecule has 7 nitrogen and oxygen atoms in total. The summed E-state index contributed by atoms with van der Waals surface area (Å²) in [5.74, 6) is 0.239. The topological polar surface area (TPSA) is 97.7 Å². The number of aryl methyl sites for hydroxylation is 1. The second-order valence-electron chi connectivity index (χ2n) is 6.61. The van der Waals surface area contributed by atoms with E-state index in [9.17, 15) is 14.7 Å². The summed E-state index contributed by atoms with van der Waals surface area (Å²) in [6, 6.07) is 13.3. The molecule has 0 unspecified atom stereocenters. The lowest BCUT2D eigenvalue weighted by Gasteiger charge is -2.07. The number of carboxylic acids is 1. The van der Waals surface area contributed by atoms with Crippen LogP contribution in [0.25, 0.3) is 22.2 Å². The maximum Gasteiger partial charge on any atom is 0.337 e. The Hall–Kier alpha value is -3.23. The summed E-state index contributed by atoms with van der Waals surface area (Å²) in [5, 5.41) is 14.1. The van der Waals surface area contributed by atoms with Crippen LogP contribution in [0.4, 0.5) is 0 Å². The molecular formula is C22H15BrClN3O4. The highest BCUT2D eigenvalue weighted by molar-refractivity contribution is 9.10. The van der Waals surface area contributed by atoms with E-state index in [0.29, 0.717) is 40.2 Å². The summed E-state index contributed by atoms with van der Waals surface area (Å²) >= 11 is 9.29. The lowest BCUT2D eigenvalue weighted by atomic mass is 10.1. The molecule has 2 aromatic carbocycles. The summed E-state index contributed by atoms with van der Waals surface area (Å²) in [6.45, 7) is 1.89. The zero-order valence-electron chi connectivity index (χ0n) is 16.2. The second-order valence-corrected chi connectivity index (χ2v) is 7.93. The molecule has 2 aromatic heterocycles. The standard InChI is InChI=1S/C22H15BrClN3O4/c1-2-20-26-18-7-4-13(23)10-16(18)21(28)27(20)25-11-14-5-8-19(31-14)12-3-6-17(24)15(9-12)22(29)30/h3-11H,2H2,1H3,(H,29,30). The number of halogens is 2. The van der Waals surface area contributed by atoms with Gasteiger partial charge < -0.3 is 9.52 Å². The number of nitrogens with zero attached hydrogens (tertiary/aromatic N) is 3. The molecule has 0 aliphatic carbocycles. The molecule has 0 atom stereocenters. The van der Waals surface area contributed by atoms with Crippen LogP contribution in [0.3, 0.4) is 0 Å². The van der Waals surface area contributed by atoms with Crippen molar-refractivity contribution in [2.24, 2.45) is 5.10 Å². The molecule has 4 aromatic rings. The predicted molar refractivity (Wildman–Crippen MR) is 122 cm³/mol. The van der Waals surface area contributed by atoms with E-state index < -0.39 is 5.97 Å². The molecule has 0 saturated carbocycles. The molecule has 2 heterocycles. The monoisotopic (exact) mass is 499 g/mol. The Bertz CT molecular complexity index is 1410. The lowest BCUT2D eigenvalue weighted by molar-refractivity contribution is 0.0697. The number of hydrogen-bond donors (Lipinski definition) is 1. The van der Waals surface area contributed by atoms with Crippen LogP contribution >= 0.6 is 27.5 Å². The third-order valence-electron chi connectivity index (χ3n) is 4.60. The highest BCUT2D eigenvalue weighted by Crippen LogP contribution is 2.26. The average molecular weight is 501 g/mol. The van der Waals surface area contributed by atoms with Gasteiger partial charge in [-0.2, -0.15) is 9.78 Å². The van der Waals surface area contributed by atoms with Crippen LogP contribution < -0.4 is 5.56 Å². The number of fused-ring (bicyclic) bond motifs is 1. The third kappa shape index (κ3) is 4.17. The first-order valence-corrected chi connectivity index (χ1v) is 10.4. The third-order valence-corrected chi connectivity index (χ3v) is 5.42. The second kappa shape index (κ2) is 8.49. The Balaban J connectivity index is 1.71. The van der Waals surface area contributed by atoms with Gasteiger partial charge in [-0.1, -0.05) is 34.5 Å². The highest BCUT2D eigenvalue weighted by atomic mass is 79.9. The van der Waals surface area contributed by atoms with Gasteiger partial charge in [-0.05, 0) is 48.5 Å². The quantitative estimate of drug-likeness (QED) is 0.379. The van der Waals surface area contributed by atoms with Crippen LogP contribution in [-0.4, -0.2) is 27.0 Å². The Kier molecular flexibility index (Phi) is 5.75. The molecule has 9 heteroatoms. The van der Waals surface area contributed by atoms with E-state index in [2.05, 4.69) is 26.0 Å². The Morgan fingerprint density at radius 3 is 2.81 bits per heavy atom. The minimum Gasteiger partial charge on any atom is -0.478 e. The van der Waals surface area contributed by atoms with Crippen molar-refractivity contribution < 1.29 is 14.3 Å². The molecule has 0 radical (unpaired) electrons. The number of aromatic carboxylic acids is 1. The molecule has 4 rings (SSSR count). The first kappa shape index (κ1) is 21.0. The van der Waals surface area contributed by atoms with E-state index in [4.69, 9.17) is 16.0 Å². The van der Waals surface area contributed by atoms with Gasteiger partial charge >= 0.3 is 5.97 Å². The van der Waals surface area contributed by atoms with E-state index in [1.807, 2.05) is 13.0 Å². The summed E-state index contributed by atoms with van der Waals surface area (Å²) in [7, 11) is 0. The summed E-state index contributed by atoms with van der Waals surface area (Å²) in [4.78, 5) is 28.8. The van der Waals surface area contributed by atoms with E-state index in [-0.39, 0.29) is 16.1 Å². The van der Waals surface area contributed by atoms with Crippen LogP contribution in [0.5, 0.6) is 0 Å². The molecule has 0 fully saturated rings. The minimum absolute atomic E-state index is 0.0154. The van der Waals surface area contributed by atoms with Crippen molar-refractivity contribution in [1.29, 1.82) is 0 Å². The van der Waals surface area contributed by atoms with Crippen LogP contribution in [0.2, 0.25) is 5.02 Å². The number of benzene rings is 2. The van der Waals surface area contributed by atoms with Gasteiger partial charge in [0.1, 0.15) is 17.3 Å². The van der Waals surface area contributed by atoms with Crippen molar-refractivity contribution in [1.82, 2.24) is 9.66 Å². The van der Waals surface area contributed by atoms with Crippen molar-refractivity contribution in [3.63, 3.8) is 0 Å². The van der Waals surface area contributed by atoms with Crippen LogP contribution in [0.1, 0.15) is 28.9 Å². The maximum absolute atomic E-state index is 12.9. The van der Waals surface area contributed by atoms with Crippen molar-refractivity contribution in [3.05, 3.63) is 85.5 Å². The van der Waals surface area contributed by atoms with E-state index >= 15 is 0 Å². The van der Waals surface area contributed by atoms with Crippen molar-refractivity contribution >= 4 is 50.6 Å². The van der Waals surface area contributed by atoms with Crippen molar-refractivity contribution in [2.45, 2.75) is 13.3 Å².